The molecule has 160 valence electrons. The fraction of sp³-hybridized carbons (Fsp3) is 0.217. The van der Waals surface area contributed by atoms with Crippen LogP contribution in [-0.2, 0) is 11.2 Å². The molecule has 6 nitrogen and oxygen atoms in total. The highest BCUT2D eigenvalue weighted by Gasteiger charge is 2.24. The summed E-state index contributed by atoms with van der Waals surface area (Å²) in [6, 6.07) is 12.3. The van der Waals surface area contributed by atoms with Crippen LogP contribution in [0.2, 0.25) is 5.02 Å². The van der Waals surface area contributed by atoms with E-state index < -0.39 is 5.97 Å². The van der Waals surface area contributed by atoms with Crippen LogP contribution in [0.4, 0.5) is 5.00 Å². The topological polar surface area (TPSA) is 73.9 Å². The highest BCUT2D eigenvalue weighted by Crippen LogP contribution is 2.38. The fourth-order valence-corrected chi connectivity index (χ4v) is 4.63. The average Bonchev–Trinajstić information content (AvgIpc) is 3.33. The summed E-state index contributed by atoms with van der Waals surface area (Å²) in [7, 11) is 0. The van der Waals surface area contributed by atoms with Gasteiger partial charge in [0, 0.05) is 21.9 Å². The molecule has 0 radical (unpaired) electrons. The molecule has 0 aliphatic carbocycles. The Kier molecular flexibility index (Phi) is 6.15. The van der Waals surface area contributed by atoms with Crippen molar-refractivity contribution in [3.63, 3.8) is 0 Å². The lowest BCUT2D eigenvalue weighted by atomic mass is 10.1. The third-order valence-electron chi connectivity index (χ3n) is 4.86. The number of nitrogens with one attached hydrogen (secondary N) is 1. The molecule has 2 heterocycles. The number of hydrogen-bond acceptors (Lipinski definition) is 6. The van der Waals surface area contributed by atoms with Crippen LogP contribution >= 0.6 is 22.9 Å². The Labute approximate surface area is 188 Å². The van der Waals surface area contributed by atoms with Crippen LogP contribution in [-0.4, -0.2) is 25.3 Å². The number of anilines is 1. The number of fused-ring (bicyclic) bond motifs is 1. The molecular formula is C23H20ClNO5S. The highest BCUT2D eigenvalue weighted by atomic mass is 35.5. The molecule has 1 amide bonds. The second-order valence-corrected chi connectivity index (χ2v) is 8.44. The Morgan fingerprint density at radius 1 is 1.13 bits per heavy atom. The summed E-state index contributed by atoms with van der Waals surface area (Å²) < 4.78 is 16.1. The van der Waals surface area contributed by atoms with Crippen LogP contribution in [0.5, 0.6) is 11.5 Å². The van der Waals surface area contributed by atoms with E-state index in [0.717, 1.165) is 21.8 Å². The number of ether oxygens (including phenoxy) is 3. The Morgan fingerprint density at radius 2 is 1.87 bits per heavy atom. The Balaban J connectivity index is 1.64. The van der Waals surface area contributed by atoms with Crippen LogP contribution < -0.4 is 14.8 Å². The molecule has 0 atom stereocenters. The quantitative estimate of drug-likeness (QED) is 0.497. The van der Waals surface area contributed by atoms with Crippen molar-refractivity contribution in [2.45, 2.75) is 20.3 Å². The smallest absolute Gasteiger partial charge is 0.341 e. The molecule has 1 N–H and O–H groups in total. The first-order valence-electron chi connectivity index (χ1n) is 9.71. The van der Waals surface area contributed by atoms with Crippen LogP contribution in [0, 0.1) is 6.92 Å². The van der Waals surface area contributed by atoms with E-state index in [1.54, 1.807) is 31.2 Å². The SMILES string of the molecule is CCOC(=O)c1c(NC(=O)c2ccc(Cl)cc2)sc(Cc2ccc3c(c2)OCO3)c1C. The predicted octanol–water partition coefficient (Wildman–Crippen LogP) is 5.46. The first-order valence-corrected chi connectivity index (χ1v) is 10.9. The van der Waals surface area contributed by atoms with E-state index >= 15 is 0 Å². The van der Waals surface area contributed by atoms with E-state index in [4.69, 9.17) is 25.8 Å². The molecule has 31 heavy (non-hydrogen) atoms. The van der Waals surface area contributed by atoms with Gasteiger partial charge in [-0.1, -0.05) is 17.7 Å². The second kappa shape index (κ2) is 8.99. The Bertz CT molecular complexity index is 1140. The van der Waals surface area contributed by atoms with Crippen molar-refractivity contribution in [1.29, 1.82) is 0 Å². The van der Waals surface area contributed by atoms with Gasteiger partial charge in [-0.05, 0) is 61.4 Å². The van der Waals surface area contributed by atoms with Gasteiger partial charge in [0.2, 0.25) is 6.79 Å². The van der Waals surface area contributed by atoms with Crippen LogP contribution in [0.3, 0.4) is 0 Å². The maximum atomic E-state index is 12.7. The van der Waals surface area contributed by atoms with Gasteiger partial charge < -0.3 is 19.5 Å². The van der Waals surface area contributed by atoms with Crippen molar-refractivity contribution in [1.82, 2.24) is 0 Å². The maximum Gasteiger partial charge on any atom is 0.341 e. The molecule has 8 heteroatoms. The standard InChI is InChI=1S/C23H20ClNO5S/c1-3-28-23(27)20-13(2)19(11-14-4-9-17-18(10-14)30-12-29-17)31-22(20)25-21(26)15-5-7-16(24)8-6-15/h4-10H,3,11-12H2,1-2H3,(H,25,26). The van der Waals surface area contributed by atoms with E-state index in [2.05, 4.69) is 5.32 Å². The fourth-order valence-electron chi connectivity index (χ4n) is 3.28. The number of benzene rings is 2. The zero-order valence-corrected chi connectivity index (χ0v) is 18.6. The average molecular weight is 458 g/mol. The number of carbonyl (C=O) groups is 2. The largest absolute Gasteiger partial charge is 0.462 e. The highest BCUT2D eigenvalue weighted by molar-refractivity contribution is 7.17. The lowest BCUT2D eigenvalue weighted by Crippen LogP contribution is -2.14. The molecule has 1 aromatic heterocycles. The van der Waals surface area contributed by atoms with Gasteiger partial charge in [0.15, 0.2) is 11.5 Å². The number of hydrogen-bond donors (Lipinski definition) is 1. The number of rotatable bonds is 6. The van der Waals surface area contributed by atoms with Gasteiger partial charge >= 0.3 is 5.97 Å². The molecule has 0 saturated heterocycles. The molecule has 0 saturated carbocycles. The first-order chi connectivity index (χ1) is 15.0. The van der Waals surface area contributed by atoms with Crippen molar-refractivity contribution >= 4 is 39.8 Å². The van der Waals surface area contributed by atoms with Gasteiger partial charge in [-0.15, -0.1) is 11.3 Å². The molecule has 0 bridgehead atoms. The molecule has 0 fully saturated rings. The van der Waals surface area contributed by atoms with Crippen molar-refractivity contribution in [3.05, 3.63) is 74.6 Å². The van der Waals surface area contributed by atoms with Crippen LogP contribution in [0.25, 0.3) is 0 Å². The lowest BCUT2D eigenvalue weighted by Gasteiger charge is -2.07. The summed E-state index contributed by atoms with van der Waals surface area (Å²) in [5.41, 5.74) is 2.62. The number of thiophene rings is 1. The second-order valence-electron chi connectivity index (χ2n) is 6.90. The minimum absolute atomic E-state index is 0.213. The van der Waals surface area contributed by atoms with Crippen molar-refractivity contribution in [2.75, 3.05) is 18.7 Å². The number of amides is 1. The van der Waals surface area contributed by atoms with Gasteiger partial charge in [-0.2, -0.15) is 0 Å². The molecule has 0 unspecified atom stereocenters. The van der Waals surface area contributed by atoms with Crippen molar-refractivity contribution in [3.8, 4) is 11.5 Å². The first kappa shape index (κ1) is 21.2. The van der Waals surface area contributed by atoms with Gasteiger partial charge in [-0.3, -0.25) is 4.79 Å². The molecule has 3 aromatic rings. The summed E-state index contributed by atoms with van der Waals surface area (Å²) in [6.07, 6.45) is 0.580. The summed E-state index contributed by atoms with van der Waals surface area (Å²) in [4.78, 5) is 26.3. The molecular weight excluding hydrogens is 438 g/mol. The maximum absolute atomic E-state index is 12.7. The monoisotopic (exact) mass is 457 g/mol. The summed E-state index contributed by atoms with van der Waals surface area (Å²) in [5.74, 6) is 0.640. The van der Waals surface area contributed by atoms with E-state index in [-0.39, 0.29) is 19.3 Å². The van der Waals surface area contributed by atoms with E-state index in [0.29, 0.717) is 33.3 Å². The zero-order chi connectivity index (χ0) is 22.0. The minimum atomic E-state index is -0.459. The van der Waals surface area contributed by atoms with E-state index in [1.807, 2.05) is 25.1 Å². The number of halogens is 1. The van der Waals surface area contributed by atoms with Crippen LogP contribution in [0.15, 0.2) is 42.5 Å². The van der Waals surface area contributed by atoms with E-state index in [9.17, 15) is 9.59 Å². The molecule has 4 rings (SSSR count). The molecule has 2 aromatic carbocycles. The zero-order valence-electron chi connectivity index (χ0n) is 17.0. The lowest BCUT2D eigenvalue weighted by molar-refractivity contribution is 0.0527. The van der Waals surface area contributed by atoms with Gasteiger partial charge in [-0.25, -0.2) is 4.79 Å². The summed E-state index contributed by atoms with van der Waals surface area (Å²) in [5, 5.41) is 3.87. The van der Waals surface area contributed by atoms with Crippen molar-refractivity contribution in [2.24, 2.45) is 0 Å². The summed E-state index contributed by atoms with van der Waals surface area (Å²) >= 11 is 7.27. The van der Waals surface area contributed by atoms with Crippen LogP contribution in [0.1, 0.15) is 43.6 Å². The van der Waals surface area contributed by atoms with Gasteiger partial charge in [0.05, 0.1) is 12.2 Å². The van der Waals surface area contributed by atoms with Gasteiger partial charge in [0.1, 0.15) is 5.00 Å². The normalized spacial score (nSPS) is 12.0. The third kappa shape index (κ3) is 4.52. The Hall–Kier alpha value is -3.03. The summed E-state index contributed by atoms with van der Waals surface area (Å²) in [6.45, 7) is 4.07. The number of esters is 1. The number of carbonyl (C=O) groups excluding carboxylic acids is 2. The molecule has 1 aliphatic rings. The Morgan fingerprint density at radius 3 is 2.61 bits per heavy atom. The molecule has 1 aliphatic heterocycles. The minimum Gasteiger partial charge on any atom is -0.462 e. The van der Waals surface area contributed by atoms with Gasteiger partial charge in [0.25, 0.3) is 5.91 Å². The molecule has 0 spiro atoms. The van der Waals surface area contributed by atoms with E-state index in [1.165, 1.54) is 11.3 Å². The predicted molar refractivity (Wildman–Crippen MR) is 120 cm³/mol. The van der Waals surface area contributed by atoms with Crippen molar-refractivity contribution < 1.29 is 23.8 Å². The third-order valence-corrected chi connectivity index (χ3v) is 6.32.